The van der Waals surface area contributed by atoms with E-state index in [0.29, 0.717) is 18.3 Å². The highest BCUT2D eigenvalue weighted by Crippen LogP contribution is 2.29. The number of nitrogens with one attached hydrogen (secondary N) is 1. The second-order valence-corrected chi connectivity index (χ2v) is 7.28. The third-order valence-corrected chi connectivity index (χ3v) is 5.38. The van der Waals surface area contributed by atoms with Crippen LogP contribution in [-0.2, 0) is 13.6 Å². The number of hydrogen-bond acceptors (Lipinski definition) is 6. The largest absolute Gasteiger partial charge is 0.475 e. The Labute approximate surface area is 157 Å². The van der Waals surface area contributed by atoms with Gasteiger partial charge in [-0.15, -0.1) is 5.10 Å². The van der Waals surface area contributed by atoms with Gasteiger partial charge in [0.15, 0.2) is 11.4 Å². The number of aliphatic imine (C=N–C) groups is 1. The number of pyridine rings is 2. The van der Waals surface area contributed by atoms with Crippen molar-refractivity contribution in [3.05, 3.63) is 41.9 Å². The fraction of sp³-hybridized carbons (Fsp3) is 0.400. The van der Waals surface area contributed by atoms with Crippen molar-refractivity contribution in [3.63, 3.8) is 0 Å². The molecule has 0 radical (unpaired) electrons. The number of ether oxygens (including phenoxy) is 1. The molecule has 0 bridgehead atoms. The first-order valence-electron chi connectivity index (χ1n) is 9.49. The Bertz CT molecular complexity index is 1020. The highest BCUT2D eigenvalue weighted by molar-refractivity contribution is 6.09. The summed E-state index contributed by atoms with van der Waals surface area (Å²) in [6.45, 7) is 1.39. The zero-order valence-electron chi connectivity index (χ0n) is 15.4. The third kappa shape index (κ3) is 3.03. The van der Waals surface area contributed by atoms with Crippen LogP contribution in [0.1, 0.15) is 36.9 Å². The van der Waals surface area contributed by atoms with E-state index < -0.39 is 0 Å². The number of fused-ring (bicyclic) bond motifs is 2. The van der Waals surface area contributed by atoms with Crippen LogP contribution >= 0.6 is 0 Å². The van der Waals surface area contributed by atoms with Crippen molar-refractivity contribution in [2.75, 3.05) is 11.9 Å². The lowest BCUT2D eigenvalue weighted by Gasteiger charge is -2.09. The molecule has 1 saturated carbocycles. The zero-order chi connectivity index (χ0) is 18.2. The molecule has 138 valence electrons. The van der Waals surface area contributed by atoms with Crippen molar-refractivity contribution in [2.24, 2.45) is 18.0 Å². The molecule has 5 rings (SSSR count). The van der Waals surface area contributed by atoms with Crippen LogP contribution in [-0.4, -0.2) is 32.2 Å². The molecule has 0 aromatic carbocycles. The van der Waals surface area contributed by atoms with E-state index in [0.717, 1.165) is 40.4 Å². The van der Waals surface area contributed by atoms with Gasteiger partial charge >= 0.3 is 0 Å². The van der Waals surface area contributed by atoms with E-state index in [2.05, 4.69) is 31.4 Å². The summed E-state index contributed by atoms with van der Waals surface area (Å²) >= 11 is 0. The second-order valence-electron chi connectivity index (χ2n) is 7.28. The van der Waals surface area contributed by atoms with E-state index in [1.807, 2.05) is 23.9 Å². The van der Waals surface area contributed by atoms with Crippen molar-refractivity contribution >= 4 is 22.6 Å². The van der Waals surface area contributed by atoms with Gasteiger partial charge in [0.2, 0.25) is 0 Å². The summed E-state index contributed by atoms with van der Waals surface area (Å²) in [5.74, 6) is 2.05. The van der Waals surface area contributed by atoms with E-state index in [9.17, 15) is 0 Å². The molecule has 27 heavy (non-hydrogen) atoms. The van der Waals surface area contributed by atoms with Gasteiger partial charge in [0.05, 0.1) is 30.6 Å². The van der Waals surface area contributed by atoms with Crippen molar-refractivity contribution in [3.8, 4) is 5.88 Å². The Kier molecular flexibility index (Phi) is 3.99. The lowest BCUT2D eigenvalue weighted by Crippen LogP contribution is -2.13. The minimum absolute atomic E-state index is 0.621. The van der Waals surface area contributed by atoms with E-state index in [1.165, 1.54) is 25.7 Å². The fourth-order valence-corrected chi connectivity index (χ4v) is 3.90. The highest BCUT2D eigenvalue weighted by Gasteiger charge is 2.20. The molecule has 4 heterocycles. The molecule has 0 amide bonds. The van der Waals surface area contributed by atoms with Crippen molar-refractivity contribution in [1.29, 1.82) is 0 Å². The first-order chi connectivity index (χ1) is 13.3. The average molecular weight is 362 g/mol. The third-order valence-electron chi connectivity index (χ3n) is 5.38. The molecular formula is C20H22N6O. The van der Waals surface area contributed by atoms with Crippen LogP contribution in [0.25, 0.3) is 11.0 Å². The fourth-order valence-electron chi connectivity index (χ4n) is 3.90. The van der Waals surface area contributed by atoms with Gasteiger partial charge in [-0.25, -0.2) is 4.98 Å². The van der Waals surface area contributed by atoms with Crippen LogP contribution in [0.5, 0.6) is 5.88 Å². The maximum absolute atomic E-state index is 6.00. The number of nitrogens with zero attached hydrogens (tertiary/aromatic N) is 5. The molecule has 7 heteroatoms. The molecule has 3 aromatic rings. The second kappa shape index (κ2) is 6.64. The predicted octanol–water partition coefficient (Wildman–Crippen LogP) is 3.30. The van der Waals surface area contributed by atoms with E-state index in [4.69, 9.17) is 4.74 Å². The molecule has 1 N–H and O–H groups in total. The van der Waals surface area contributed by atoms with Gasteiger partial charge in [-0.1, -0.05) is 18.9 Å². The summed E-state index contributed by atoms with van der Waals surface area (Å²) in [7, 11) is 1.92. The summed E-state index contributed by atoms with van der Waals surface area (Å²) in [6.07, 6.45) is 8.72. The van der Waals surface area contributed by atoms with Crippen molar-refractivity contribution < 1.29 is 4.74 Å². The van der Waals surface area contributed by atoms with Crippen LogP contribution in [0.15, 0.2) is 35.6 Å². The maximum atomic E-state index is 6.00. The molecule has 0 atom stereocenters. The lowest BCUT2D eigenvalue weighted by atomic mass is 10.1. The lowest BCUT2D eigenvalue weighted by molar-refractivity contribution is 0.243. The van der Waals surface area contributed by atoms with Gasteiger partial charge in [-0.3, -0.25) is 14.7 Å². The molecule has 7 nitrogen and oxygen atoms in total. The summed E-state index contributed by atoms with van der Waals surface area (Å²) in [5, 5.41) is 7.87. The first-order valence-corrected chi connectivity index (χ1v) is 9.49. The van der Waals surface area contributed by atoms with E-state index in [-0.39, 0.29) is 0 Å². The molecule has 0 saturated heterocycles. The standard InChI is InChI=1S/C20H22N6O/c1-26-16-9-15(24-19-17-14(10-23-19)7-4-8-21-17)11-22-18(16)20(25-26)27-12-13-5-2-3-6-13/h4,7-9,11,13H,2-3,5-6,10,12H2,1H3,(H,23,24). The number of amidine groups is 1. The monoisotopic (exact) mass is 362 g/mol. The van der Waals surface area contributed by atoms with E-state index >= 15 is 0 Å². The molecular weight excluding hydrogens is 340 g/mol. The molecule has 1 aliphatic heterocycles. The Morgan fingerprint density at radius 2 is 2.15 bits per heavy atom. The maximum Gasteiger partial charge on any atom is 0.259 e. The normalized spacial score (nSPS) is 16.6. The summed E-state index contributed by atoms with van der Waals surface area (Å²) in [6, 6.07) is 6.02. The Balaban J connectivity index is 1.37. The quantitative estimate of drug-likeness (QED) is 0.770. The number of aromatic nitrogens is 4. The van der Waals surface area contributed by atoms with Crippen LogP contribution in [0.3, 0.4) is 0 Å². The van der Waals surface area contributed by atoms with Crippen molar-refractivity contribution in [1.82, 2.24) is 19.7 Å². The number of anilines is 1. The first kappa shape index (κ1) is 16.2. The van der Waals surface area contributed by atoms with Crippen LogP contribution in [0.4, 0.5) is 5.69 Å². The number of aryl methyl sites for hydroxylation is 1. The Morgan fingerprint density at radius 3 is 3.04 bits per heavy atom. The Morgan fingerprint density at radius 1 is 1.26 bits per heavy atom. The van der Waals surface area contributed by atoms with Gasteiger partial charge in [0.1, 0.15) is 5.69 Å². The molecule has 2 aliphatic rings. The SMILES string of the molecule is Cn1nc(OCC2CCCC2)c2ncc(NC3=NCc4cccnc43)cc21. The summed E-state index contributed by atoms with van der Waals surface area (Å²) in [5.41, 5.74) is 4.64. The topological polar surface area (TPSA) is 77.2 Å². The molecule has 0 spiro atoms. The highest BCUT2D eigenvalue weighted by atomic mass is 16.5. The molecule has 3 aromatic heterocycles. The van der Waals surface area contributed by atoms with Crippen LogP contribution < -0.4 is 10.1 Å². The molecule has 1 aliphatic carbocycles. The van der Waals surface area contributed by atoms with Gasteiger partial charge in [0, 0.05) is 18.8 Å². The molecule has 0 unspecified atom stereocenters. The van der Waals surface area contributed by atoms with Crippen LogP contribution in [0.2, 0.25) is 0 Å². The summed E-state index contributed by atoms with van der Waals surface area (Å²) in [4.78, 5) is 13.6. The predicted molar refractivity (Wildman–Crippen MR) is 104 cm³/mol. The minimum atomic E-state index is 0.621. The van der Waals surface area contributed by atoms with Crippen molar-refractivity contribution in [2.45, 2.75) is 32.2 Å². The van der Waals surface area contributed by atoms with Gasteiger partial charge < -0.3 is 10.1 Å². The van der Waals surface area contributed by atoms with E-state index in [1.54, 1.807) is 12.4 Å². The van der Waals surface area contributed by atoms with Gasteiger partial charge in [0.25, 0.3) is 5.88 Å². The summed E-state index contributed by atoms with van der Waals surface area (Å²) < 4.78 is 7.81. The Hall–Kier alpha value is -2.96. The van der Waals surface area contributed by atoms with Crippen LogP contribution in [0, 0.1) is 5.92 Å². The molecule has 1 fully saturated rings. The minimum Gasteiger partial charge on any atom is -0.475 e. The zero-order valence-corrected chi connectivity index (χ0v) is 15.4. The van der Waals surface area contributed by atoms with Gasteiger partial charge in [-0.2, -0.15) is 0 Å². The average Bonchev–Trinajstić information content (AvgIpc) is 3.41. The number of hydrogen-bond donors (Lipinski definition) is 1. The van der Waals surface area contributed by atoms with Gasteiger partial charge in [-0.05, 0) is 30.9 Å². The smallest absolute Gasteiger partial charge is 0.259 e. The number of rotatable bonds is 4.